The highest BCUT2D eigenvalue weighted by Gasteiger charge is 2.43. The summed E-state index contributed by atoms with van der Waals surface area (Å²) in [7, 11) is 0. The lowest BCUT2D eigenvalue weighted by Gasteiger charge is -2.35. The maximum Gasteiger partial charge on any atom is 0.252 e. The highest BCUT2D eigenvalue weighted by atomic mass is 15.1. The molecule has 14 aromatic rings. The predicted octanol–water partition coefficient (Wildman–Crippen LogP) is 22.1. The molecule has 0 unspecified atom stereocenters. The van der Waals surface area contributed by atoms with Gasteiger partial charge in [-0.25, -0.2) is 9.97 Å². The Hall–Kier alpha value is -8.68. The summed E-state index contributed by atoms with van der Waals surface area (Å²) >= 11 is 0. The Balaban J connectivity index is 1.09. The van der Waals surface area contributed by atoms with Crippen LogP contribution in [0.3, 0.4) is 0 Å². The van der Waals surface area contributed by atoms with Crippen molar-refractivity contribution in [1.29, 1.82) is 0 Å². The van der Waals surface area contributed by atoms with Crippen LogP contribution in [0.1, 0.15) is 211 Å². The van der Waals surface area contributed by atoms with E-state index in [4.69, 9.17) is 9.97 Å². The summed E-state index contributed by atoms with van der Waals surface area (Å²) in [5.41, 5.74) is 26.7. The van der Waals surface area contributed by atoms with Gasteiger partial charge in [0.1, 0.15) is 11.6 Å². The van der Waals surface area contributed by atoms with Crippen LogP contribution in [0, 0.1) is 0 Å². The van der Waals surface area contributed by atoms with Crippen molar-refractivity contribution in [3.8, 4) is 34.4 Å². The SMILES string of the molecule is CC(C)(C)c1ccc2c(c1)c1cc(C(C)(C)C)ccc1n2-c1cc(-n2c3ccc(C(C)(C)C)cc3c3cc(C(C)(C)C)ccc32)nc(-c2cc3c4c(c2)-n2c5ccc(C(C)(C)C)cc5c5cc(C(C)(C)C)cc(c52)B4c2cc(C(C)(C)C)cc4c5cc(C(C)(C)C)ccc5n-3c24)n1. The molecule has 5 aromatic heterocycles. The zero-order chi connectivity index (χ0) is 69.0. The second kappa shape index (κ2) is 20.0. The van der Waals surface area contributed by atoms with Crippen molar-refractivity contribution < 1.29 is 0 Å². The van der Waals surface area contributed by atoms with Crippen molar-refractivity contribution in [2.45, 2.75) is 209 Å². The molecule has 0 radical (unpaired) electrons. The third-order valence-corrected chi connectivity index (χ3v) is 22.2. The van der Waals surface area contributed by atoms with Crippen molar-refractivity contribution in [3.63, 3.8) is 0 Å². The average molecular weight is 1270 g/mol. The summed E-state index contributed by atoms with van der Waals surface area (Å²) in [6, 6.07) is 60.7. The maximum atomic E-state index is 6.07. The van der Waals surface area contributed by atoms with Crippen molar-refractivity contribution in [2.24, 2.45) is 0 Å². The smallest absolute Gasteiger partial charge is 0.252 e. The number of benzene rings is 9. The number of nitrogens with zero attached hydrogens (tertiary/aromatic N) is 6. The standard InChI is InChI=1S/C90H97BN6/c1-83(2,3)51-25-31-69-59(39-51)60-40-52(84(4,5)6)26-32-70(60)94(69)77-49-78(95-71-33-27-53(85(7,8)9)41-61(71)62-42-54(86(10,11)12)28-34-72(62)95)93-82(92-77)50-37-75-79-76(38-50)97-74-36-30-56(88(16,17)18)44-64(74)66-46-58(90(22,23)24)48-68(81(66)97)91(79)67-47-57(89(19,20)21)45-65-63-43-55(87(13,14)15)29-35-73(63)96(75)80(65)67/h25-49H,1-24H3. The first-order valence-corrected chi connectivity index (χ1v) is 35.7. The molecule has 7 heteroatoms. The number of fused-ring (bicyclic) bond motifs is 16. The molecular weight excluding hydrogens is 1180 g/mol. The number of hydrogen-bond acceptors (Lipinski definition) is 2. The van der Waals surface area contributed by atoms with E-state index in [1.165, 1.54) is 137 Å². The third kappa shape index (κ3) is 9.60. The zero-order valence-corrected chi connectivity index (χ0v) is 62.2. The fourth-order valence-corrected chi connectivity index (χ4v) is 16.2. The van der Waals surface area contributed by atoms with Crippen LogP contribution < -0.4 is 16.4 Å². The second-order valence-corrected chi connectivity index (χ2v) is 37.4. The molecule has 2 aliphatic rings. The fourth-order valence-electron chi connectivity index (χ4n) is 16.2. The van der Waals surface area contributed by atoms with Crippen LogP contribution in [0.5, 0.6) is 0 Å². The Bertz CT molecular complexity index is 5280. The molecule has 0 saturated carbocycles. The Kier molecular flexibility index (Phi) is 13.0. The van der Waals surface area contributed by atoms with Crippen LogP contribution in [0.15, 0.2) is 152 Å². The molecule has 0 saturated heterocycles. The predicted molar refractivity (Wildman–Crippen MR) is 419 cm³/mol. The Morgan fingerprint density at radius 1 is 0.247 bits per heavy atom. The van der Waals surface area contributed by atoms with E-state index >= 15 is 0 Å². The minimum Gasteiger partial charge on any atom is -0.310 e. The topological polar surface area (TPSA) is 45.5 Å². The van der Waals surface area contributed by atoms with Gasteiger partial charge in [-0.15, -0.1) is 0 Å². The van der Waals surface area contributed by atoms with Gasteiger partial charge < -0.3 is 9.13 Å². The summed E-state index contributed by atoms with van der Waals surface area (Å²) in [5.74, 6) is 2.29. The summed E-state index contributed by atoms with van der Waals surface area (Å²) in [5, 5.41) is 10.1. The minimum atomic E-state index is -0.121. The highest BCUT2D eigenvalue weighted by molar-refractivity contribution is 7.00. The summed E-state index contributed by atoms with van der Waals surface area (Å²) in [6.45, 7) is 56.2. The van der Waals surface area contributed by atoms with E-state index < -0.39 is 0 Å². The van der Waals surface area contributed by atoms with Gasteiger partial charge in [-0.05, 0) is 201 Å². The largest absolute Gasteiger partial charge is 0.310 e. The van der Waals surface area contributed by atoms with Gasteiger partial charge in [-0.3, -0.25) is 9.13 Å². The number of aromatic nitrogens is 6. The summed E-state index contributed by atoms with van der Waals surface area (Å²) in [4.78, 5) is 12.1. The molecule has 0 bridgehead atoms. The van der Waals surface area contributed by atoms with E-state index in [0.29, 0.717) is 5.82 Å². The lowest BCUT2D eigenvalue weighted by atomic mass is 9.34. The molecule has 0 fully saturated rings. The van der Waals surface area contributed by atoms with E-state index in [1.807, 2.05) is 0 Å². The van der Waals surface area contributed by atoms with Gasteiger partial charge in [0.25, 0.3) is 6.71 Å². The molecule has 9 aromatic carbocycles. The molecule has 16 rings (SSSR count). The van der Waals surface area contributed by atoms with E-state index in [1.54, 1.807) is 0 Å². The van der Waals surface area contributed by atoms with Gasteiger partial charge in [0.05, 0.1) is 33.1 Å². The van der Waals surface area contributed by atoms with Gasteiger partial charge in [-0.2, -0.15) is 0 Å². The van der Waals surface area contributed by atoms with E-state index in [9.17, 15) is 0 Å². The summed E-state index contributed by atoms with van der Waals surface area (Å²) in [6.07, 6.45) is 0. The lowest BCUT2D eigenvalue weighted by Crippen LogP contribution is -2.59. The molecule has 97 heavy (non-hydrogen) atoms. The van der Waals surface area contributed by atoms with Crippen molar-refractivity contribution in [1.82, 2.24) is 28.2 Å². The molecule has 0 aliphatic carbocycles. The second-order valence-electron chi connectivity index (χ2n) is 37.4. The Labute approximate surface area is 575 Å². The Morgan fingerprint density at radius 2 is 0.485 bits per heavy atom. The maximum absolute atomic E-state index is 6.07. The Morgan fingerprint density at radius 3 is 0.742 bits per heavy atom. The first-order chi connectivity index (χ1) is 45.1. The first kappa shape index (κ1) is 63.1. The molecular formula is C90H97BN6. The van der Waals surface area contributed by atoms with Crippen LogP contribution in [0.25, 0.3) is 122 Å². The van der Waals surface area contributed by atoms with E-state index in [2.05, 4.69) is 336 Å². The van der Waals surface area contributed by atoms with Crippen LogP contribution in [-0.4, -0.2) is 34.9 Å². The van der Waals surface area contributed by atoms with Crippen LogP contribution in [-0.2, 0) is 43.3 Å². The molecule has 0 N–H and O–H groups in total. The van der Waals surface area contributed by atoms with Crippen molar-refractivity contribution in [2.75, 3.05) is 0 Å². The van der Waals surface area contributed by atoms with Crippen LogP contribution in [0.2, 0.25) is 0 Å². The van der Waals surface area contributed by atoms with E-state index in [0.717, 1.165) is 39.3 Å². The minimum absolute atomic E-state index is 0.0618. The van der Waals surface area contributed by atoms with Gasteiger partial charge >= 0.3 is 0 Å². The van der Waals surface area contributed by atoms with Crippen molar-refractivity contribution >= 4 is 110 Å². The molecule has 6 nitrogen and oxygen atoms in total. The average Bonchev–Trinajstić information content (AvgIpc) is 1.57. The van der Waals surface area contributed by atoms with Gasteiger partial charge in [-0.1, -0.05) is 215 Å². The summed E-state index contributed by atoms with van der Waals surface area (Å²) < 4.78 is 10.2. The molecule has 2 aliphatic heterocycles. The first-order valence-electron chi connectivity index (χ1n) is 35.7. The normalized spacial score (nSPS) is 14.2. The number of hydrogen-bond donors (Lipinski definition) is 0. The van der Waals surface area contributed by atoms with Crippen molar-refractivity contribution in [3.05, 3.63) is 196 Å². The van der Waals surface area contributed by atoms with Gasteiger partial charge in [0, 0.05) is 77.1 Å². The zero-order valence-electron chi connectivity index (χ0n) is 62.2. The molecule has 0 amide bonds. The third-order valence-electron chi connectivity index (χ3n) is 22.2. The molecule has 490 valence electrons. The van der Waals surface area contributed by atoms with Crippen LogP contribution in [0.4, 0.5) is 0 Å². The fraction of sp³-hybridized carbons (Fsp3) is 0.356. The number of rotatable bonds is 3. The lowest BCUT2D eigenvalue weighted by molar-refractivity contribution is 0.590. The highest BCUT2D eigenvalue weighted by Crippen LogP contribution is 2.47. The monoisotopic (exact) mass is 1270 g/mol. The van der Waals surface area contributed by atoms with E-state index in [-0.39, 0.29) is 50.0 Å². The molecule has 7 heterocycles. The van der Waals surface area contributed by atoms with Gasteiger partial charge in [0.15, 0.2) is 5.82 Å². The molecule has 0 spiro atoms. The molecule has 0 atom stereocenters. The quantitative estimate of drug-likeness (QED) is 0.166. The van der Waals surface area contributed by atoms with Gasteiger partial charge in [0.2, 0.25) is 0 Å². The van der Waals surface area contributed by atoms with Crippen LogP contribution >= 0.6 is 0 Å².